The molecule has 0 bridgehead atoms. The number of carboxylic acids is 1. The van der Waals surface area contributed by atoms with Gasteiger partial charge in [-0.2, -0.15) is 5.10 Å². The van der Waals surface area contributed by atoms with Gasteiger partial charge in [0.1, 0.15) is 12.6 Å². The van der Waals surface area contributed by atoms with E-state index in [1.165, 1.54) is 6.20 Å². The lowest BCUT2D eigenvalue weighted by molar-refractivity contribution is -0.146. The molecule has 3 aromatic rings. The molecule has 2 aliphatic carbocycles. The summed E-state index contributed by atoms with van der Waals surface area (Å²) in [7, 11) is 1.72. The number of carbonyl (C=O) groups is 3. The molecule has 3 N–H and O–H groups in total. The first-order valence-electron chi connectivity index (χ1n) is 11.5. The van der Waals surface area contributed by atoms with Crippen molar-refractivity contribution in [1.29, 1.82) is 0 Å². The van der Waals surface area contributed by atoms with E-state index in [9.17, 15) is 14.4 Å². The van der Waals surface area contributed by atoms with E-state index in [1.54, 1.807) is 17.9 Å². The van der Waals surface area contributed by atoms with Crippen LogP contribution in [0.2, 0.25) is 0 Å². The number of aryl methyl sites for hydroxylation is 1. The van der Waals surface area contributed by atoms with Crippen LogP contribution in [0.4, 0.5) is 4.79 Å². The van der Waals surface area contributed by atoms with Gasteiger partial charge >= 0.3 is 12.1 Å². The minimum Gasteiger partial charge on any atom is -0.481 e. The van der Waals surface area contributed by atoms with E-state index in [0.717, 1.165) is 22.3 Å². The van der Waals surface area contributed by atoms with Crippen molar-refractivity contribution >= 4 is 18.0 Å². The third-order valence-corrected chi connectivity index (χ3v) is 6.76. The number of aliphatic carboxylic acids is 1. The van der Waals surface area contributed by atoms with Crippen LogP contribution < -0.4 is 10.6 Å². The second-order valence-corrected chi connectivity index (χ2v) is 9.06. The van der Waals surface area contributed by atoms with E-state index < -0.39 is 29.9 Å². The molecule has 9 nitrogen and oxygen atoms in total. The summed E-state index contributed by atoms with van der Waals surface area (Å²) in [6.45, 7) is 0.129. The summed E-state index contributed by atoms with van der Waals surface area (Å²) in [4.78, 5) is 36.9. The number of carboxylic acid groups (broad SMARTS) is 1. The standard InChI is InChI=1S/C26H26N4O5/c1-30-13-16(12-27-30)23(24(31)28-17-10-15(11-17)25(32)33)29-26(34)35-14-22-20-8-4-2-6-18(20)19-7-3-5-9-21(19)22/h2-9,12-13,15,17,22-23H,10-11,14H2,1H3,(H,28,31)(H,29,34)(H,32,33). The minimum atomic E-state index is -1.01. The number of alkyl carbamates (subject to hydrolysis) is 1. The predicted octanol–water partition coefficient (Wildman–Crippen LogP) is 2.98. The molecule has 1 atom stereocenters. The highest BCUT2D eigenvalue weighted by Gasteiger charge is 2.37. The summed E-state index contributed by atoms with van der Waals surface area (Å²) in [5, 5.41) is 18.7. The number of aromatic nitrogens is 2. The first kappa shape index (κ1) is 22.6. The van der Waals surface area contributed by atoms with E-state index in [-0.39, 0.29) is 18.6 Å². The quantitative estimate of drug-likeness (QED) is 0.484. The Balaban J connectivity index is 1.26. The summed E-state index contributed by atoms with van der Waals surface area (Å²) in [6.07, 6.45) is 3.18. The smallest absolute Gasteiger partial charge is 0.408 e. The summed E-state index contributed by atoms with van der Waals surface area (Å²) < 4.78 is 7.15. The van der Waals surface area contributed by atoms with E-state index in [4.69, 9.17) is 9.84 Å². The fourth-order valence-electron chi connectivity index (χ4n) is 4.87. The molecule has 0 aliphatic heterocycles. The number of benzene rings is 2. The van der Waals surface area contributed by atoms with Gasteiger partial charge in [0.25, 0.3) is 0 Å². The molecule has 35 heavy (non-hydrogen) atoms. The average Bonchev–Trinajstić information content (AvgIpc) is 3.39. The van der Waals surface area contributed by atoms with Crippen LogP contribution in [0.1, 0.15) is 41.5 Å². The molecule has 9 heteroatoms. The zero-order valence-corrected chi connectivity index (χ0v) is 19.2. The molecular formula is C26H26N4O5. The molecule has 2 aromatic carbocycles. The Labute approximate surface area is 202 Å². The van der Waals surface area contributed by atoms with Crippen molar-refractivity contribution in [3.63, 3.8) is 0 Å². The fraction of sp³-hybridized carbons (Fsp3) is 0.308. The molecule has 2 aliphatic rings. The zero-order valence-electron chi connectivity index (χ0n) is 19.2. The second kappa shape index (κ2) is 9.25. The van der Waals surface area contributed by atoms with Crippen molar-refractivity contribution in [1.82, 2.24) is 20.4 Å². The maximum atomic E-state index is 13.0. The van der Waals surface area contributed by atoms with Crippen LogP contribution >= 0.6 is 0 Å². The number of nitrogens with one attached hydrogen (secondary N) is 2. The van der Waals surface area contributed by atoms with Gasteiger partial charge in [0.05, 0.1) is 12.1 Å². The highest BCUT2D eigenvalue weighted by molar-refractivity contribution is 5.87. The zero-order chi connectivity index (χ0) is 24.5. The molecular weight excluding hydrogens is 448 g/mol. The first-order chi connectivity index (χ1) is 16.9. The second-order valence-electron chi connectivity index (χ2n) is 9.06. The Morgan fingerprint density at radius 1 is 1.09 bits per heavy atom. The van der Waals surface area contributed by atoms with E-state index >= 15 is 0 Å². The summed E-state index contributed by atoms with van der Waals surface area (Å²) in [5.41, 5.74) is 4.96. The molecule has 1 heterocycles. The number of nitrogens with zero attached hydrogens (tertiary/aromatic N) is 2. The largest absolute Gasteiger partial charge is 0.481 e. The molecule has 180 valence electrons. The topological polar surface area (TPSA) is 123 Å². The molecule has 5 rings (SSSR count). The van der Waals surface area contributed by atoms with E-state index in [2.05, 4.69) is 27.9 Å². The first-order valence-corrected chi connectivity index (χ1v) is 11.5. The molecule has 2 amide bonds. The number of rotatable bonds is 7. The monoisotopic (exact) mass is 474 g/mol. The van der Waals surface area contributed by atoms with Gasteiger partial charge in [-0.3, -0.25) is 14.3 Å². The Morgan fingerprint density at radius 2 is 1.71 bits per heavy atom. The maximum Gasteiger partial charge on any atom is 0.408 e. The molecule has 0 spiro atoms. The lowest BCUT2D eigenvalue weighted by Gasteiger charge is -2.33. The van der Waals surface area contributed by atoms with Crippen molar-refractivity contribution in [3.05, 3.63) is 77.6 Å². The lowest BCUT2D eigenvalue weighted by Crippen LogP contribution is -2.50. The number of fused-ring (bicyclic) bond motifs is 3. The fourth-order valence-corrected chi connectivity index (χ4v) is 4.87. The SMILES string of the molecule is Cn1cc(C(NC(=O)OCC2c3ccccc3-c3ccccc32)C(=O)NC2CC(C(=O)O)C2)cn1. The number of hydrogen-bond donors (Lipinski definition) is 3. The van der Waals surface area contributed by atoms with Crippen LogP contribution in [0.3, 0.4) is 0 Å². The van der Waals surface area contributed by atoms with Crippen molar-refractivity contribution < 1.29 is 24.2 Å². The molecule has 1 saturated carbocycles. The summed E-state index contributed by atoms with van der Waals surface area (Å²) in [6, 6.07) is 14.9. The molecule has 1 fully saturated rings. The van der Waals surface area contributed by atoms with E-state index in [0.29, 0.717) is 18.4 Å². The Hall–Kier alpha value is -4.14. The molecule has 1 unspecified atom stereocenters. The Bertz CT molecular complexity index is 1230. The van der Waals surface area contributed by atoms with Crippen molar-refractivity contribution in [3.8, 4) is 11.1 Å². The minimum absolute atomic E-state index is 0.0956. The van der Waals surface area contributed by atoms with Crippen LogP contribution in [0.15, 0.2) is 60.9 Å². The summed E-state index contributed by atoms with van der Waals surface area (Å²) in [5.74, 6) is -1.84. The van der Waals surface area contributed by atoms with Gasteiger partial charge in [-0.05, 0) is 35.1 Å². The highest BCUT2D eigenvalue weighted by Crippen LogP contribution is 2.44. The van der Waals surface area contributed by atoms with Crippen molar-refractivity contribution in [2.45, 2.75) is 30.8 Å². The maximum absolute atomic E-state index is 13.0. The van der Waals surface area contributed by atoms with Gasteiger partial charge < -0.3 is 20.5 Å². The number of ether oxygens (including phenoxy) is 1. The molecule has 0 radical (unpaired) electrons. The van der Waals surface area contributed by atoms with Gasteiger partial charge in [-0.25, -0.2) is 4.79 Å². The molecule has 0 saturated heterocycles. The lowest BCUT2D eigenvalue weighted by atomic mass is 9.80. The average molecular weight is 475 g/mol. The number of amides is 2. The Morgan fingerprint density at radius 3 is 2.29 bits per heavy atom. The normalized spacial score (nSPS) is 19.1. The highest BCUT2D eigenvalue weighted by atomic mass is 16.5. The third kappa shape index (κ3) is 4.49. The number of carbonyl (C=O) groups excluding carboxylic acids is 2. The van der Waals surface area contributed by atoms with Crippen LogP contribution in [-0.2, 0) is 21.4 Å². The van der Waals surface area contributed by atoms with Gasteiger partial charge in [0.15, 0.2) is 0 Å². The van der Waals surface area contributed by atoms with Gasteiger partial charge in [0.2, 0.25) is 5.91 Å². The van der Waals surface area contributed by atoms with Crippen LogP contribution in [0, 0.1) is 5.92 Å². The van der Waals surface area contributed by atoms with Gasteiger partial charge in [0, 0.05) is 30.8 Å². The number of hydrogen-bond acceptors (Lipinski definition) is 5. The predicted molar refractivity (Wildman–Crippen MR) is 126 cm³/mol. The van der Waals surface area contributed by atoms with Gasteiger partial charge in [-0.1, -0.05) is 48.5 Å². The van der Waals surface area contributed by atoms with Crippen LogP contribution in [0.5, 0.6) is 0 Å². The van der Waals surface area contributed by atoms with E-state index in [1.807, 2.05) is 36.4 Å². The van der Waals surface area contributed by atoms with Crippen molar-refractivity contribution in [2.75, 3.05) is 6.61 Å². The van der Waals surface area contributed by atoms with Crippen molar-refractivity contribution in [2.24, 2.45) is 13.0 Å². The van der Waals surface area contributed by atoms with Gasteiger partial charge in [-0.15, -0.1) is 0 Å². The molecule has 1 aromatic heterocycles. The van der Waals surface area contributed by atoms with Crippen LogP contribution in [0.25, 0.3) is 11.1 Å². The Kier molecular flexibility index (Phi) is 5.98. The summed E-state index contributed by atoms with van der Waals surface area (Å²) >= 11 is 0. The third-order valence-electron chi connectivity index (χ3n) is 6.76. The van der Waals surface area contributed by atoms with Crippen LogP contribution in [-0.4, -0.2) is 45.5 Å².